The van der Waals surface area contributed by atoms with Gasteiger partial charge in [-0.1, -0.05) is 11.6 Å². The van der Waals surface area contributed by atoms with Gasteiger partial charge >= 0.3 is 5.97 Å². The van der Waals surface area contributed by atoms with E-state index in [1.807, 2.05) is 17.0 Å². The van der Waals surface area contributed by atoms with Crippen molar-refractivity contribution < 1.29 is 23.8 Å². The topological polar surface area (TPSA) is 65.1 Å². The second-order valence-corrected chi connectivity index (χ2v) is 6.98. The monoisotopic (exact) mass is 393 g/mol. The summed E-state index contributed by atoms with van der Waals surface area (Å²) in [6, 6.07) is 3.74. The predicted molar refractivity (Wildman–Crippen MR) is 101 cm³/mol. The maximum Gasteiger partial charge on any atom is 0.343 e. The van der Waals surface area contributed by atoms with E-state index in [0.717, 1.165) is 30.5 Å². The van der Waals surface area contributed by atoms with Gasteiger partial charge in [0.05, 0.1) is 24.3 Å². The lowest BCUT2D eigenvalue weighted by Gasteiger charge is -2.39. The van der Waals surface area contributed by atoms with Gasteiger partial charge in [0.25, 0.3) is 0 Å². The molecule has 0 saturated carbocycles. The molecule has 0 fully saturated rings. The van der Waals surface area contributed by atoms with Crippen LogP contribution in [-0.4, -0.2) is 50.1 Å². The highest BCUT2D eigenvalue weighted by atomic mass is 35.5. The second-order valence-electron chi connectivity index (χ2n) is 6.57. The summed E-state index contributed by atoms with van der Waals surface area (Å²) in [5.74, 6) is -0.0898. The van der Waals surface area contributed by atoms with Crippen LogP contribution in [0.5, 0.6) is 5.75 Å². The average molecular weight is 394 g/mol. The van der Waals surface area contributed by atoms with Crippen molar-refractivity contribution in [2.24, 2.45) is 0 Å². The van der Waals surface area contributed by atoms with Gasteiger partial charge in [0.1, 0.15) is 11.3 Å². The summed E-state index contributed by atoms with van der Waals surface area (Å²) in [5, 5.41) is 0.528. The number of ketones is 1. The normalized spacial score (nSPS) is 18.5. The summed E-state index contributed by atoms with van der Waals surface area (Å²) >= 11 is 6.41. The number of Topliss-reactive ketones (excluding diaryl/α,β-unsaturated/α-hetero) is 1. The number of carbonyl (C=O) groups is 2. The smallest absolute Gasteiger partial charge is 0.343 e. The van der Waals surface area contributed by atoms with Crippen molar-refractivity contribution in [1.82, 2.24) is 4.90 Å². The van der Waals surface area contributed by atoms with Crippen LogP contribution in [0.4, 0.5) is 0 Å². The zero-order valence-electron chi connectivity index (χ0n) is 15.6. The van der Waals surface area contributed by atoms with Crippen molar-refractivity contribution in [3.8, 4) is 5.75 Å². The molecule has 2 aliphatic rings. The van der Waals surface area contributed by atoms with Gasteiger partial charge in [-0.05, 0) is 36.6 Å². The van der Waals surface area contributed by atoms with Crippen LogP contribution in [0.25, 0.3) is 0 Å². The van der Waals surface area contributed by atoms with Crippen LogP contribution < -0.4 is 4.74 Å². The fourth-order valence-corrected chi connectivity index (χ4v) is 3.72. The Hall–Kier alpha value is -2.05. The number of fused-ring (bicyclic) bond motifs is 3. The predicted octanol–water partition coefficient (Wildman–Crippen LogP) is 3.07. The van der Waals surface area contributed by atoms with Crippen molar-refractivity contribution in [2.45, 2.75) is 32.2 Å². The van der Waals surface area contributed by atoms with E-state index < -0.39 is 5.97 Å². The summed E-state index contributed by atoms with van der Waals surface area (Å²) in [7, 11) is 1.66. The molecule has 0 bridgehead atoms. The first-order valence-corrected chi connectivity index (χ1v) is 9.54. The van der Waals surface area contributed by atoms with Gasteiger partial charge in [-0.3, -0.25) is 4.79 Å². The van der Waals surface area contributed by atoms with Crippen LogP contribution in [0, 0.1) is 0 Å². The van der Waals surface area contributed by atoms with Gasteiger partial charge < -0.3 is 19.1 Å². The number of esters is 1. The van der Waals surface area contributed by atoms with Crippen LogP contribution in [0.15, 0.2) is 23.9 Å². The minimum Gasteiger partial charge on any atom is -0.492 e. The molecule has 1 unspecified atom stereocenters. The molecule has 0 saturated heterocycles. The van der Waals surface area contributed by atoms with Crippen LogP contribution >= 0.6 is 11.6 Å². The first-order chi connectivity index (χ1) is 13.0. The maximum atomic E-state index is 12.5. The number of ether oxygens (including phenoxy) is 3. The first-order valence-electron chi connectivity index (χ1n) is 9.17. The zero-order chi connectivity index (χ0) is 19.4. The number of carbonyl (C=O) groups excluding carboxylic acids is 2. The first kappa shape index (κ1) is 19.7. The summed E-state index contributed by atoms with van der Waals surface area (Å²) in [5.41, 5.74) is 2.27. The minimum atomic E-state index is -0.551. The highest BCUT2D eigenvalue weighted by Gasteiger charge is 2.36. The third kappa shape index (κ3) is 4.28. The molecule has 0 N–H and O–H groups in total. The van der Waals surface area contributed by atoms with Gasteiger partial charge in [-0.25, -0.2) is 4.79 Å². The van der Waals surface area contributed by atoms with Crippen molar-refractivity contribution in [1.29, 1.82) is 0 Å². The molecule has 0 aromatic heterocycles. The molecule has 1 aromatic rings. The Labute approximate surface area is 164 Å². The number of rotatable bonds is 7. The fraction of sp³-hybridized carbons (Fsp3) is 0.500. The molecule has 1 aromatic carbocycles. The highest BCUT2D eigenvalue weighted by Crippen LogP contribution is 2.40. The Balaban J connectivity index is 1.80. The summed E-state index contributed by atoms with van der Waals surface area (Å²) in [6.07, 6.45) is 3.46. The summed E-state index contributed by atoms with van der Waals surface area (Å²) in [6.45, 7) is 3.86. The lowest BCUT2D eigenvalue weighted by atomic mass is 9.86. The number of nitrogens with zero attached hydrogens (tertiary/aromatic N) is 1. The Kier molecular flexibility index (Phi) is 6.39. The quantitative estimate of drug-likeness (QED) is 0.403. The molecule has 146 valence electrons. The number of benzene rings is 1. The molecule has 6 nitrogen and oxygen atoms in total. The lowest BCUT2D eigenvalue weighted by molar-refractivity contribution is -0.140. The molecule has 2 heterocycles. The van der Waals surface area contributed by atoms with Gasteiger partial charge in [0.2, 0.25) is 0 Å². The number of methoxy groups -OCH3 is 1. The van der Waals surface area contributed by atoms with E-state index in [9.17, 15) is 9.59 Å². The molecular formula is C20H24ClNO5. The average Bonchev–Trinajstić information content (AvgIpc) is 2.65. The van der Waals surface area contributed by atoms with E-state index in [1.54, 1.807) is 20.2 Å². The highest BCUT2D eigenvalue weighted by molar-refractivity contribution is 6.32. The van der Waals surface area contributed by atoms with Crippen LogP contribution in [0.3, 0.4) is 0 Å². The van der Waals surface area contributed by atoms with Crippen LogP contribution in [-0.2, 0) is 25.5 Å². The summed E-state index contributed by atoms with van der Waals surface area (Å²) in [4.78, 5) is 26.5. The summed E-state index contributed by atoms with van der Waals surface area (Å²) < 4.78 is 15.8. The van der Waals surface area contributed by atoms with E-state index >= 15 is 0 Å². The van der Waals surface area contributed by atoms with Crippen molar-refractivity contribution >= 4 is 23.4 Å². The molecular weight excluding hydrogens is 370 g/mol. The molecule has 27 heavy (non-hydrogen) atoms. The lowest BCUT2D eigenvalue weighted by Crippen LogP contribution is -2.38. The Morgan fingerprint density at radius 3 is 2.89 bits per heavy atom. The van der Waals surface area contributed by atoms with Gasteiger partial charge in [-0.15, -0.1) is 0 Å². The molecule has 0 amide bonds. The number of hydrogen-bond acceptors (Lipinski definition) is 6. The maximum absolute atomic E-state index is 12.5. The van der Waals surface area contributed by atoms with E-state index in [4.69, 9.17) is 25.8 Å². The number of hydrogen-bond donors (Lipinski definition) is 0. The third-order valence-corrected chi connectivity index (χ3v) is 5.11. The van der Waals surface area contributed by atoms with E-state index in [1.165, 1.54) is 0 Å². The fourth-order valence-electron chi connectivity index (χ4n) is 3.50. The molecule has 0 aliphatic carbocycles. The molecule has 1 atom stereocenters. The Morgan fingerprint density at radius 1 is 1.33 bits per heavy atom. The molecule has 0 radical (unpaired) electrons. The SMILES string of the molecule is CCOC(=O)C1=CN2CCc3cc(OCCCOC)c(Cl)cc3C2CC1=O. The van der Waals surface area contributed by atoms with E-state index in [-0.39, 0.29) is 30.4 Å². The minimum absolute atomic E-state index is 0.112. The van der Waals surface area contributed by atoms with Crippen LogP contribution in [0.1, 0.15) is 36.9 Å². The van der Waals surface area contributed by atoms with E-state index in [2.05, 4.69) is 0 Å². The largest absolute Gasteiger partial charge is 0.492 e. The number of halogens is 1. The molecule has 7 heteroatoms. The van der Waals surface area contributed by atoms with Gasteiger partial charge in [0, 0.05) is 39.3 Å². The Bertz CT molecular complexity index is 761. The van der Waals surface area contributed by atoms with Gasteiger partial charge in [-0.2, -0.15) is 0 Å². The third-order valence-electron chi connectivity index (χ3n) is 4.81. The Morgan fingerprint density at radius 2 is 2.15 bits per heavy atom. The van der Waals surface area contributed by atoms with Crippen molar-refractivity contribution in [3.05, 3.63) is 40.1 Å². The van der Waals surface area contributed by atoms with E-state index in [0.29, 0.717) is 24.0 Å². The van der Waals surface area contributed by atoms with Crippen molar-refractivity contribution in [2.75, 3.05) is 33.5 Å². The molecule has 0 spiro atoms. The van der Waals surface area contributed by atoms with Crippen LogP contribution in [0.2, 0.25) is 5.02 Å². The van der Waals surface area contributed by atoms with Gasteiger partial charge in [0.15, 0.2) is 5.78 Å². The van der Waals surface area contributed by atoms with Crippen molar-refractivity contribution in [3.63, 3.8) is 0 Å². The standard InChI is InChI=1S/C20H24ClNO5/c1-3-26-20(24)15-12-22-6-5-13-9-19(27-8-4-7-25-2)16(21)10-14(13)17(22)11-18(15)23/h9-10,12,17H,3-8,11H2,1-2H3. The molecule has 3 rings (SSSR count). The zero-order valence-corrected chi connectivity index (χ0v) is 16.4. The second kappa shape index (κ2) is 8.76. The molecule has 2 aliphatic heterocycles.